The van der Waals surface area contributed by atoms with Crippen molar-refractivity contribution in [1.82, 2.24) is 30.0 Å². The van der Waals surface area contributed by atoms with Crippen LogP contribution in [0.25, 0.3) is 39.0 Å². The summed E-state index contributed by atoms with van der Waals surface area (Å²) in [7, 11) is -10.2. The lowest BCUT2D eigenvalue weighted by atomic mass is 9.80. The number of carbonyl (C=O) groups is 1. The lowest BCUT2D eigenvalue weighted by Gasteiger charge is -2.27. The van der Waals surface area contributed by atoms with E-state index in [0.29, 0.717) is 69.3 Å². The largest absolute Gasteiger partial charge is 0.505 e. The van der Waals surface area contributed by atoms with E-state index in [4.69, 9.17) is 20.4 Å². The van der Waals surface area contributed by atoms with E-state index >= 15 is 0 Å². The van der Waals surface area contributed by atoms with E-state index < -0.39 is 36.0 Å². The van der Waals surface area contributed by atoms with E-state index in [1.807, 2.05) is 82.3 Å². The van der Waals surface area contributed by atoms with Gasteiger partial charge in [0.05, 0.1) is 4.90 Å². The number of phenols is 2. The molecule has 0 fully saturated rings. The minimum atomic E-state index is -5.22. The molecule has 1 aliphatic carbocycles. The first kappa shape index (κ1) is 71.4. The molecule has 0 saturated carbocycles. The maximum absolute atomic E-state index is 13.6. The van der Waals surface area contributed by atoms with Crippen LogP contribution in [0.2, 0.25) is 0 Å². The number of nitrogens with zero attached hydrogens (tertiary/aromatic N) is 6. The number of allylic oxidation sites excluding steroid dienone is 4. The molecule has 18 nitrogen and oxygen atoms in total. The number of aromatic nitrogens is 6. The van der Waals surface area contributed by atoms with Crippen molar-refractivity contribution in [3.63, 3.8) is 0 Å². The van der Waals surface area contributed by atoms with E-state index in [1.54, 1.807) is 36.4 Å². The van der Waals surface area contributed by atoms with Gasteiger partial charge in [-0.3, -0.25) is 9.11 Å². The number of carboxylic acids is 1. The molecule has 0 spiro atoms. The molecule has 20 heteroatoms. The summed E-state index contributed by atoms with van der Waals surface area (Å²) < 4.78 is 72.6. The van der Waals surface area contributed by atoms with Crippen molar-refractivity contribution in [3.8, 4) is 22.9 Å². The Labute approximate surface area is 585 Å². The molecule has 0 atom stereocenters. The van der Waals surface area contributed by atoms with Gasteiger partial charge in [0, 0.05) is 45.3 Å². The van der Waals surface area contributed by atoms with Crippen LogP contribution in [0.3, 0.4) is 0 Å². The number of fused-ring (bicyclic) bond motifs is 2. The predicted molar refractivity (Wildman–Crippen MR) is 395 cm³/mol. The highest BCUT2D eigenvalue weighted by molar-refractivity contribution is 7.86. The van der Waals surface area contributed by atoms with Gasteiger partial charge in [0.2, 0.25) is 11.4 Å². The van der Waals surface area contributed by atoms with Crippen LogP contribution in [0.1, 0.15) is 172 Å². The van der Waals surface area contributed by atoms with Crippen molar-refractivity contribution >= 4 is 76.6 Å². The summed E-state index contributed by atoms with van der Waals surface area (Å²) in [6.45, 7) is 37.2. The van der Waals surface area contributed by atoms with Gasteiger partial charge in [-0.1, -0.05) is 132 Å². The van der Waals surface area contributed by atoms with E-state index in [0.717, 1.165) is 95.7 Å². The SMILES string of the molecule is Cc1cc(C)c(Nc2ccc(C(=C3C=CC(=[NH+]c4c(C)cc(C)c(Cc5ccc6nn(-c7cc(C(C)(C)C)cc(C(C)(C)C)c7O)nc6c5)c4C)C(C(=O)O)=C3)c3ccc(S(=O)(=O)O)cc3S(=O)(=O)O)cc2)c(C)c1Cc1ccc2nn(-c3cc(C(C)(C)C)cc(C(C)(C)C)c3O)nc2c1. The molecule has 100 heavy (non-hydrogen) atoms. The first-order valence-corrected chi connectivity index (χ1v) is 36.0. The molecule has 0 amide bonds. The highest BCUT2D eigenvalue weighted by Crippen LogP contribution is 2.43. The van der Waals surface area contributed by atoms with Crippen LogP contribution in [0.15, 0.2) is 154 Å². The summed E-state index contributed by atoms with van der Waals surface area (Å²) in [6, 6.07) is 33.8. The molecule has 0 aliphatic heterocycles. The summed E-state index contributed by atoms with van der Waals surface area (Å²) in [5, 5.41) is 57.4. The Balaban J connectivity index is 0.927. The number of aromatic hydroxyl groups is 2. The highest BCUT2D eigenvalue weighted by atomic mass is 32.2. The number of anilines is 2. The third kappa shape index (κ3) is 14.3. The molecule has 2 heterocycles. The molecule has 8 aromatic carbocycles. The monoisotopic (exact) mass is 1380 g/mol. The summed E-state index contributed by atoms with van der Waals surface area (Å²) in [4.78, 5) is 18.4. The van der Waals surface area contributed by atoms with E-state index in [1.165, 1.54) is 15.7 Å². The summed E-state index contributed by atoms with van der Waals surface area (Å²) in [5.74, 6) is -1.06. The zero-order valence-corrected chi connectivity index (χ0v) is 61.5. The van der Waals surface area contributed by atoms with Gasteiger partial charge in [0.15, 0.2) is 0 Å². The van der Waals surface area contributed by atoms with Crippen LogP contribution in [-0.4, -0.2) is 82.9 Å². The summed E-state index contributed by atoms with van der Waals surface area (Å²) in [5.41, 5.74) is 18.6. The maximum atomic E-state index is 13.6. The second kappa shape index (κ2) is 25.7. The van der Waals surface area contributed by atoms with Crippen LogP contribution in [0, 0.1) is 41.5 Å². The van der Waals surface area contributed by atoms with Gasteiger partial charge >= 0.3 is 5.97 Å². The van der Waals surface area contributed by atoms with Crippen molar-refractivity contribution in [2.24, 2.45) is 0 Å². The van der Waals surface area contributed by atoms with Crippen molar-refractivity contribution in [1.29, 1.82) is 0 Å². The second-order valence-corrected chi connectivity index (χ2v) is 33.4. The summed E-state index contributed by atoms with van der Waals surface area (Å²) in [6.07, 6.45) is 5.62. The third-order valence-corrected chi connectivity index (χ3v) is 20.7. The Morgan fingerprint density at radius 3 is 1.46 bits per heavy atom. The second-order valence-electron chi connectivity index (χ2n) is 30.6. The fraction of sp³-hybridized carbons (Fsp3) is 0.300. The van der Waals surface area contributed by atoms with E-state index in [9.17, 15) is 46.1 Å². The molecule has 7 N–H and O–H groups in total. The Kier molecular flexibility index (Phi) is 18.4. The average molecular weight is 1380 g/mol. The first-order valence-electron chi connectivity index (χ1n) is 33.1. The fourth-order valence-electron chi connectivity index (χ4n) is 13.2. The number of aliphatic carboxylic acids is 1. The molecule has 0 bridgehead atoms. The topological polar surface area (TPSA) is 274 Å². The Morgan fingerprint density at radius 1 is 0.520 bits per heavy atom. The molecule has 0 saturated heterocycles. The number of nitrogens with one attached hydrogen (secondary N) is 2. The number of phenolic OH excluding ortho intramolecular Hbond substituents is 2. The predicted octanol–water partition coefficient (Wildman–Crippen LogP) is 15.3. The molecule has 518 valence electrons. The number of aryl methyl sites for hydroxylation is 4. The van der Waals surface area contributed by atoms with Gasteiger partial charge < -0.3 is 20.6 Å². The quantitative estimate of drug-likeness (QED) is 0.0499. The minimum Gasteiger partial charge on any atom is -0.505 e. The number of carboxylic acid groups (broad SMARTS) is 1. The number of hydrogen-bond donors (Lipinski definition) is 7. The van der Waals surface area contributed by atoms with Crippen molar-refractivity contribution < 1.29 is 51.0 Å². The first-order chi connectivity index (χ1) is 46.4. The van der Waals surface area contributed by atoms with Crippen LogP contribution in [0.5, 0.6) is 11.5 Å². The molecule has 10 aromatic rings. The van der Waals surface area contributed by atoms with Crippen molar-refractivity contribution in [3.05, 3.63) is 234 Å². The highest BCUT2D eigenvalue weighted by Gasteiger charge is 2.32. The minimum absolute atomic E-state index is 0.119. The van der Waals surface area contributed by atoms with Crippen molar-refractivity contribution in [2.75, 3.05) is 5.32 Å². The lowest BCUT2D eigenvalue weighted by molar-refractivity contribution is -0.353. The standard InChI is InChI=1S/C80H86N8O10S2/c1-43-31-45(3)72(47(5)58(43)33-49-19-28-64-66(35-49)85-87(83-64)68-40-53(77(7,8)9)38-61(74(68)89)79(13,14)15)81-55-24-21-51(22-25-55)71(57-27-26-56(99(93,94)95)42-70(57)100(96,97)98)52-23-30-63(60(37-52)76(91)92)82-73-46(4)32-44(2)59(48(73)6)34-50-20-29-65-67(36-50)86-88(84-65)69-41-54(78(10,11)12)39-62(75(69)90)80(16,17)18/h19-32,35-42,81,89-90H,33-34H2,1-18H3,(H,91,92)(H,93,94,95)(H,96,97,98)/p+1. The van der Waals surface area contributed by atoms with Crippen LogP contribution in [-0.2, 0) is 59.5 Å². The lowest BCUT2D eigenvalue weighted by Crippen LogP contribution is -2.68. The normalized spacial score (nSPS) is 14.4. The van der Waals surface area contributed by atoms with E-state index in [2.05, 4.69) is 125 Å². The van der Waals surface area contributed by atoms with Gasteiger partial charge in [-0.25, -0.2) is 9.79 Å². The molecule has 0 radical (unpaired) electrons. The smallest absolute Gasteiger partial charge is 0.342 e. The molecule has 2 aromatic heterocycles. The fourth-order valence-corrected chi connectivity index (χ4v) is 14.5. The Morgan fingerprint density at radius 2 is 1.00 bits per heavy atom. The maximum Gasteiger partial charge on any atom is 0.342 e. The van der Waals surface area contributed by atoms with Crippen LogP contribution < -0.4 is 10.3 Å². The molecular formula is C80H87N8O10S2+. The van der Waals surface area contributed by atoms with Crippen molar-refractivity contribution in [2.45, 2.75) is 169 Å². The molecule has 0 unspecified atom stereocenters. The number of benzene rings is 8. The van der Waals surface area contributed by atoms with Gasteiger partial charge in [0.1, 0.15) is 55.4 Å². The van der Waals surface area contributed by atoms with E-state index in [-0.39, 0.29) is 61.2 Å². The average Bonchev–Trinajstić information content (AvgIpc) is 1.22. The number of rotatable bonds is 14. The Hall–Kier alpha value is -9.86. The van der Waals surface area contributed by atoms with Gasteiger partial charge in [-0.05, 0) is 227 Å². The number of hydrogen-bond acceptors (Lipinski definition) is 12. The zero-order chi connectivity index (χ0) is 73.0. The van der Waals surface area contributed by atoms with Gasteiger partial charge in [-0.2, -0.15) is 16.8 Å². The molecule has 1 aliphatic rings. The Bertz CT molecular complexity index is 5430. The molecule has 11 rings (SSSR count). The van der Waals surface area contributed by atoms with Crippen LogP contribution >= 0.6 is 0 Å². The zero-order valence-electron chi connectivity index (χ0n) is 59.9. The van der Waals surface area contributed by atoms with Crippen LogP contribution in [0.4, 0.5) is 17.1 Å². The van der Waals surface area contributed by atoms with Gasteiger partial charge in [-0.15, -0.1) is 30.0 Å². The van der Waals surface area contributed by atoms with Gasteiger partial charge in [0.25, 0.3) is 20.2 Å². The molecular weight excluding hydrogens is 1300 g/mol. The third-order valence-electron chi connectivity index (χ3n) is 18.9. The summed E-state index contributed by atoms with van der Waals surface area (Å²) >= 11 is 0.